The first-order valence-electron chi connectivity index (χ1n) is 9.67. The Morgan fingerprint density at radius 2 is 1.97 bits per heavy atom. The lowest BCUT2D eigenvalue weighted by molar-refractivity contribution is 0.0240. The average molecular weight is 420 g/mol. The maximum atomic E-state index is 14.9. The van der Waals surface area contributed by atoms with Crippen LogP contribution < -0.4 is 9.80 Å². The highest BCUT2D eigenvalue weighted by Crippen LogP contribution is 2.31. The van der Waals surface area contributed by atoms with E-state index < -0.39 is 29.8 Å². The molecule has 0 aliphatic carbocycles. The van der Waals surface area contributed by atoms with Crippen LogP contribution in [0.1, 0.15) is 27.7 Å². The normalized spacial score (nSPS) is 21.9. The number of piperazine rings is 1. The fourth-order valence-electron chi connectivity index (χ4n) is 3.42. The van der Waals surface area contributed by atoms with Gasteiger partial charge in [-0.15, -0.1) is 0 Å². The fraction of sp³-hybridized carbons (Fsp3) is 0.579. The topological polar surface area (TPSA) is 111 Å². The predicted molar refractivity (Wildman–Crippen MR) is 108 cm³/mol. The van der Waals surface area contributed by atoms with Gasteiger partial charge in [-0.1, -0.05) is 0 Å². The van der Waals surface area contributed by atoms with E-state index in [2.05, 4.69) is 10.0 Å². The summed E-state index contributed by atoms with van der Waals surface area (Å²) in [5, 5.41) is 3.44. The van der Waals surface area contributed by atoms with E-state index in [0.29, 0.717) is 37.6 Å². The molecule has 0 saturated carbocycles. The smallest absolute Gasteiger partial charge is 0.415 e. The van der Waals surface area contributed by atoms with Crippen molar-refractivity contribution in [3.63, 3.8) is 0 Å². The van der Waals surface area contributed by atoms with E-state index in [1.54, 1.807) is 24.0 Å². The molecule has 0 N–H and O–H groups in total. The second-order valence-corrected chi connectivity index (χ2v) is 8.18. The van der Waals surface area contributed by atoms with Crippen molar-refractivity contribution in [2.45, 2.75) is 45.6 Å². The first-order chi connectivity index (χ1) is 14.1. The molecule has 2 atom stereocenters. The van der Waals surface area contributed by atoms with E-state index in [-0.39, 0.29) is 6.09 Å². The summed E-state index contributed by atoms with van der Waals surface area (Å²) < 4.78 is 25.3. The lowest BCUT2D eigenvalue weighted by Crippen LogP contribution is -2.50. The zero-order valence-corrected chi connectivity index (χ0v) is 17.4. The van der Waals surface area contributed by atoms with Gasteiger partial charge in [-0.05, 0) is 56.5 Å². The number of halogens is 1. The Labute approximate surface area is 173 Å². The Kier molecular flexibility index (Phi) is 5.93. The number of benzene rings is 1. The monoisotopic (exact) mass is 420 g/mol. The van der Waals surface area contributed by atoms with Crippen molar-refractivity contribution >= 4 is 23.6 Å². The van der Waals surface area contributed by atoms with Gasteiger partial charge < -0.3 is 19.3 Å². The average Bonchev–Trinajstić information content (AvgIpc) is 2.94. The van der Waals surface area contributed by atoms with Crippen LogP contribution in [0.2, 0.25) is 0 Å². The molecular weight excluding hydrogens is 395 g/mol. The summed E-state index contributed by atoms with van der Waals surface area (Å²) in [7, 11) is 0. The maximum absolute atomic E-state index is 14.9. The second-order valence-electron chi connectivity index (χ2n) is 8.18. The first-order valence-corrected chi connectivity index (χ1v) is 9.67. The standard InChI is InChI=1S/C19H25FN6O4/c1-12-16(22-23-21)29-18(28)26(12)13-5-6-15(14(20)11-13)24-7-9-25(10-8-24)17(27)30-19(2,3)4/h5-6,11-12,16H,7-10H2,1-4H3. The van der Waals surface area contributed by atoms with Crippen LogP contribution in [0.4, 0.5) is 25.4 Å². The summed E-state index contributed by atoms with van der Waals surface area (Å²) in [5.41, 5.74) is 8.70. The van der Waals surface area contributed by atoms with Gasteiger partial charge in [0.15, 0.2) is 0 Å². The van der Waals surface area contributed by atoms with Gasteiger partial charge in [-0.25, -0.2) is 14.0 Å². The molecule has 3 rings (SSSR count). The molecule has 2 aliphatic heterocycles. The summed E-state index contributed by atoms with van der Waals surface area (Å²) >= 11 is 0. The quantitative estimate of drug-likeness (QED) is 0.419. The minimum atomic E-state index is -0.967. The van der Waals surface area contributed by atoms with Gasteiger partial charge >= 0.3 is 12.2 Å². The highest BCUT2D eigenvalue weighted by molar-refractivity contribution is 5.90. The number of azide groups is 1. The second kappa shape index (κ2) is 8.27. The molecule has 11 heteroatoms. The number of hydrogen-bond acceptors (Lipinski definition) is 6. The number of cyclic esters (lactones) is 1. The van der Waals surface area contributed by atoms with E-state index in [4.69, 9.17) is 15.0 Å². The third-order valence-corrected chi connectivity index (χ3v) is 4.89. The van der Waals surface area contributed by atoms with Crippen molar-refractivity contribution in [1.82, 2.24) is 4.90 Å². The number of anilines is 2. The molecule has 2 saturated heterocycles. The van der Waals surface area contributed by atoms with E-state index in [9.17, 15) is 14.0 Å². The summed E-state index contributed by atoms with van der Waals surface area (Å²) in [6.45, 7) is 8.83. The Hall–Kier alpha value is -3.20. The van der Waals surface area contributed by atoms with Gasteiger partial charge in [0.2, 0.25) is 6.23 Å². The minimum absolute atomic E-state index is 0.316. The van der Waals surface area contributed by atoms with Gasteiger partial charge in [-0.3, -0.25) is 4.90 Å². The lowest BCUT2D eigenvalue weighted by atomic mass is 10.2. The fourth-order valence-corrected chi connectivity index (χ4v) is 3.42. The van der Waals surface area contributed by atoms with Crippen molar-refractivity contribution < 1.29 is 23.5 Å². The molecule has 1 aromatic carbocycles. The zero-order valence-electron chi connectivity index (χ0n) is 17.4. The van der Waals surface area contributed by atoms with E-state index in [0.717, 1.165) is 0 Å². The summed E-state index contributed by atoms with van der Waals surface area (Å²) in [5.74, 6) is -0.495. The molecule has 1 aromatic rings. The van der Waals surface area contributed by atoms with Gasteiger partial charge in [0, 0.05) is 31.1 Å². The van der Waals surface area contributed by atoms with Crippen molar-refractivity contribution in [3.05, 3.63) is 34.5 Å². The van der Waals surface area contributed by atoms with Crippen molar-refractivity contribution in [2.75, 3.05) is 36.0 Å². The number of hydrogen-bond donors (Lipinski definition) is 0. The van der Waals surface area contributed by atoms with Crippen LogP contribution in [0.5, 0.6) is 0 Å². The van der Waals surface area contributed by atoms with Crippen molar-refractivity contribution in [3.8, 4) is 0 Å². The van der Waals surface area contributed by atoms with Crippen molar-refractivity contribution in [1.29, 1.82) is 0 Å². The molecule has 0 radical (unpaired) electrons. The minimum Gasteiger partial charge on any atom is -0.444 e. The first kappa shape index (κ1) is 21.5. The van der Waals surface area contributed by atoms with Crippen LogP contribution in [0.25, 0.3) is 10.4 Å². The van der Waals surface area contributed by atoms with Gasteiger partial charge in [-0.2, -0.15) is 0 Å². The molecular formula is C19H25FN6O4. The molecule has 10 nitrogen and oxygen atoms in total. The predicted octanol–water partition coefficient (Wildman–Crippen LogP) is 3.86. The molecule has 2 amide bonds. The Morgan fingerprint density at radius 1 is 1.30 bits per heavy atom. The number of carbonyl (C=O) groups excluding carboxylic acids is 2. The van der Waals surface area contributed by atoms with Crippen LogP contribution >= 0.6 is 0 Å². The van der Waals surface area contributed by atoms with Gasteiger partial charge in [0.05, 0.1) is 17.4 Å². The van der Waals surface area contributed by atoms with Crippen LogP contribution in [0.15, 0.2) is 23.3 Å². The number of ether oxygens (including phenoxy) is 2. The molecule has 2 heterocycles. The SMILES string of the molecule is CC1C(N=[N+]=[N-])OC(=O)N1c1ccc(N2CCN(C(=O)OC(C)(C)C)CC2)c(F)c1. The third-order valence-electron chi connectivity index (χ3n) is 4.89. The van der Waals surface area contributed by atoms with Crippen LogP contribution in [-0.4, -0.2) is 61.1 Å². The molecule has 0 bridgehead atoms. The number of rotatable bonds is 3. The maximum Gasteiger partial charge on any atom is 0.415 e. The number of nitrogens with zero attached hydrogens (tertiary/aromatic N) is 6. The van der Waals surface area contributed by atoms with Gasteiger partial charge in [0.1, 0.15) is 11.4 Å². The van der Waals surface area contributed by atoms with E-state index in [1.807, 2.05) is 25.7 Å². The molecule has 0 aromatic heterocycles. The molecule has 162 valence electrons. The summed E-state index contributed by atoms with van der Waals surface area (Å²) in [4.78, 5) is 31.7. The summed E-state index contributed by atoms with van der Waals surface area (Å²) in [6.07, 6.45) is -2.04. The molecule has 2 fully saturated rings. The largest absolute Gasteiger partial charge is 0.444 e. The van der Waals surface area contributed by atoms with Crippen molar-refractivity contribution in [2.24, 2.45) is 5.11 Å². The third kappa shape index (κ3) is 4.51. The Morgan fingerprint density at radius 3 is 2.53 bits per heavy atom. The zero-order chi connectivity index (χ0) is 22.1. The Balaban J connectivity index is 1.68. The van der Waals surface area contributed by atoms with E-state index in [1.165, 1.54) is 11.0 Å². The number of amides is 2. The van der Waals surface area contributed by atoms with E-state index >= 15 is 0 Å². The molecule has 2 unspecified atom stereocenters. The number of carbonyl (C=O) groups is 2. The van der Waals surface area contributed by atoms with Crippen LogP contribution in [0, 0.1) is 5.82 Å². The molecule has 0 spiro atoms. The lowest BCUT2D eigenvalue weighted by Gasteiger charge is -2.37. The Bertz CT molecular complexity index is 874. The van der Waals surface area contributed by atoms with Crippen LogP contribution in [-0.2, 0) is 9.47 Å². The van der Waals surface area contributed by atoms with Crippen LogP contribution in [0.3, 0.4) is 0 Å². The highest BCUT2D eigenvalue weighted by Gasteiger charge is 2.39. The highest BCUT2D eigenvalue weighted by atomic mass is 19.1. The summed E-state index contributed by atoms with van der Waals surface area (Å²) in [6, 6.07) is 3.91. The molecule has 30 heavy (non-hydrogen) atoms. The molecule has 2 aliphatic rings. The van der Waals surface area contributed by atoms with Gasteiger partial charge in [0.25, 0.3) is 0 Å².